The molecule has 0 aliphatic carbocycles. The molecule has 0 spiro atoms. The summed E-state index contributed by atoms with van der Waals surface area (Å²) in [6.45, 7) is 8.67. The van der Waals surface area contributed by atoms with Gasteiger partial charge in [0.25, 0.3) is 0 Å². The molecule has 0 aliphatic heterocycles. The van der Waals surface area contributed by atoms with Gasteiger partial charge in [0.05, 0.1) is 46.4 Å². The van der Waals surface area contributed by atoms with Gasteiger partial charge < -0.3 is 14.2 Å². The lowest BCUT2D eigenvalue weighted by atomic mass is 9.91. The molecule has 2 aromatic heterocycles. The van der Waals surface area contributed by atoms with Crippen LogP contribution in [-0.2, 0) is 11.2 Å². The number of fused-ring (bicyclic) bond motifs is 4. The quantitative estimate of drug-likeness (QED) is 0.0207. The number of carbonyl (C=O) groups is 1. The van der Waals surface area contributed by atoms with Crippen LogP contribution >= 0.6 is 34.7 Å². The highest BCUT2D eigenvalue weighted by Gasteiger charge is 2.17. The molecule has 13 heteroatoms. The molecule has 6 aromatic rings. The number of halogens is 1. The van der Waals surface area contributed by atoms with Crippen LogP contribution in [-0.4, -0.2) is 45.0 Å². The minimum atomic E-state index is -0.570. The van der Waals surface area contributed by atoms with Crippen molar-refractivity contribution in [2.45, 2.75) is 65.2 Å². The highest BCUT2D eigenvalue weighted by atomic mass is 35.5. The van der Waals surface area contributed by atoms with Crippen molar-refractivity contribution in [2.75, 3.05) is 18.6 Å². The Morgan fingerprint density at radius 1 is 0.981 bits per heavy atom. The predicted octanol–water partition coefficient (Wildman–Crippen LogP) is 11.3. The van der Waals surface area contributed by atoms with Crippen LogP contribution < -0.4 is 14.9 Å². The van der Waals surface area contributed by atoms with E-state index in [-0.39, 0.29) is 11.6 Å². The number of thiazole rings is 1. The van der Waals surface area contributed by atoms with Gasteiger partial charge in [-0.2, -0.15) is 13.8 Å². The Labute approximate surface area is 328 Å². The maximum atomic E-state index is 13.5. The average Bonchev–Trinajstić information content (AvgIpc) is 3.83. The van der Waals surface area contributed by atoms with Crippen LogP contribution in [0.5, 0.6) is 11.5 Å². The normalized spacial score (nSPS) is 11.6. The van der Waals surface area contributed by atoms with Crippen LogP contribution in [0.1, 0.15) is 80.3 Å². The van der Waals surface area contributed by atoms with Crippen LogP contribution in [0.2, 0.25) is 5.02 Å². The molecule has 0 unspecified atom stereocenters. The van der Waals surface area contributed by atoms with E-state index in [1.54, 1.807) is 30.5 Å². The van der Waals surface area contributed by atoms with E-state index in [0.717, 1.165) is 62.5 Å². The molecular formula is C41H43ClN6O4S2. The van der Waals surface area contributed by atoms with Crippen molar-refractivity contribution in [3.8, 4) is 11.5 Å². The Kier molecular flexibility index (Phi) is 13.6. The number of hydrogen-bond donors (Lipinski definition) is 2. The SMILES string of the molecule is C=CC(=N)OCCCOc1ccc(C(=O)Oc2ccc3cc(CCCC(CCC)CCC)ccc3c2Cl)cc1/C=N/Nc1nc2c(ccc3nsnc32)s1. The van der Waals surface area contributed by atoms with Gasteiger partial charge in [0.15, 0.2) is 0 Å². The minimum Gasteiger partial charge on any atom is -0.493 e. The number of hydrazone groups is 1. The second kappa shape index (κ2) is 18.9. The Balaban J connectivity index is 1.15. The summed E-state index contributed by atoms with van der Waals surface area (Å²) in [5.74, 6) is 1.02. The summed E-state index contributed by atoms with van der Waals surface area (Å²) in [6.07, 6.45) is 11.9. The van der Waals surface area contributed by atoms with Crippen LogP contribution in [0, 0.1) is 11.3 Å². The lowest BCUT2D eigenvalue weighted by molar-refractivity contribution is 0.0735. The number of anilines is 1. The molecule has 4 aromatic carbocycles. The fourth-order valence-corrected chi connectivity index (χ4v) is 8.02. The first-order valence-corrected chi connectivity index (χ1v) is 20.1. The monoisotopic (exact) mass is 782 g/mol. The fourth-order valence-electron chi connectivity index (χ4n) is 6.39. The smallest absolute Gasteiger partial charge is 0.343 e. The van der Waals surface area contributed by atoms with E-state index in [1.807, 2.05) is 24.3 Å². The number of rotatable bonds is 19. The molecule has 2 heterocycles. The van der Waals surface area contributed by atoms with Gasteiger partial charge in [-0.25, -0.2) is 9.78 Å². The molecule has 0 saturated heterocycles. The Bertz CT molecular complexity index is 2280. The molecule has 54 heavy (non-hydrogen) atoms. The van der Waals surface area contributed by atoms with Gasteiger partial charge in [0.1, 0.15) is 28.0 Å². The van der Waals surface area contributed by atoms with Crippen LogP contribution in [0.3, 0.4) is 0 Å². The first kappa shape index (κ1) is 38.8. The van der Waals surface area contributed by atoms with E-state index in [9.17, 15) is 4.79 Å². The number of benzene rings is 4. The Morgan fingerprint density at radius 2 is 1.81 bits per heavy atom. The number of aryl methyl sites for hydroxylation is 1. The minimum absolute atomic E-state index is 0.00303. The molecule has 0 fully saturated rings. The summed E-state index contributed by atoms with van der Waals surface area (Å²) >= 11 is 9.41. The van der Waals surface area contributed by atoms with Crippen molar-refractivity contribution in [1.29, 1.82) is 5.41 Å². The Hall–Kier alpha value is -4.91. The molecular weight excluding hydrogens is 740 g/mol. The highest BCUT2D eigenvalue weighted by Crippen LogP contribution is 2.35. The van der Waals surface area contributed by atoms with Crippen molar-refractivity contribution in [1.82, 2.24) is 13.7 Å². The van der Waals surface area contributed by atoms with Crippen molar-refractivity contribution in [2.24, 2.45) is 11.0 Å². The predicted molar refractivity (Wildman–Crippen MR) is 222 cm³/mol. The van der Waals surface area contributed by atoms with E-state index >= 15 is 0 Å². The zero-order valence-electron chi connectivity index (χ0n) is 30.4. The van der Waals surface area contributed by atoms with Gasteiger partial charge in [-0.1, -0.05) is 99.7 Å². The van der Waals surface area contributed by atoms with E-state index in [0.29, 0.717) is 46.7 Å². The summed E-state index contributed by atoms with van der Waals surface area (Å²) in [5.41, 5.74) is 7.42. The average molecular weight is 783 g/mol. The molecule has 0 aliphatic rings. The highest BCUT2D eigenvalue weighted by molar-refractivity contribution is 7.22. The summed E-state index contributed by atoms with van der Waals surface area (Å²) < 4.78 is 26.8. The van der Waals surface area contributed by atoms with Crippen LogP contribution in [0.15, 0.2) is 78.4 Å². The molecule has 0 saturated carbocycles. The van der Waals surface area contributed by atoms with E-state index in [4.69, 9.17) is 31.2 Å². The van der Waals surface area contributed by atoms with E-state index < -0.39 is 5.97 Å². The molecule has 0 amide bonds. The lowest BCUT2D eigenvalue weighted by Crippen LogP contribution is -2.11. The first-order valence-electron chi connectivity index (χ1n) is 18.2. The second-order valence-electron chi connectivity index (χ2n) is 13.0. The zero-order valence-corrected chi connectivity index (χ0v) is 32.8. The van der Waals surface area contributed by atoms with Gasteiger partial charge in [-0.15, -0.1) is 0 Å². The molecule has 0 radical (unpaired) electrons. The number of hydrogen-bond acceptors (Lipinski definition) is 12. The maximum Gasteiger partial charge on any atom is 0.343 e. The summed E-state index contributed by atoms with van der Waals surface area (Å²) in [7, 11) is 0. The first-order chi connectivity index (χ1) is 26.4. The van der Waals surface area contributed by atoms with E-state index in [2.05, 4.69) is 56.8 Å². The van der Waals surface area contributed by atoms with Crippen molar-refractivity contribution in [3.63, 3.8) is 0 Å². The molecule has 280 valence electrons. The lowest BCUT2D eigenvalue weighted by Gasteiger charge is -2.15. The van der Waals surface area contributed by atoms with Crippen LogP contribution in [0.25, 0.3) is 32.0 Å². The third-order valence-corrected chi connectivity index (χ3v) is 10.9. The molecule has 0 atom stereocenters. The number of ether oxygens (including phenoxy) is 3. The summed E-state index contributed by atoms with van der Waals surface area (Å²) in [6, 6.07) is 18.9. The van der Waals surface area contributed by atoms with Gasteiger partial charge in [0.2, 0.25) is 11.0 Å². The molecule has 0 bridgehead atoms. The largest absolute Gasteiger partial charge is 0.493 e. The number of esters is 1. The van der Waals surface area contributed by atoms with Gasteiger partial charge in [-0.3, -0.25) is 10.8 Å². The second-order valence-corrected chi connectivity index (χ2v) is 14.9. The Morgan fingerprint density at radius 3 is 2.63 bits per heavy atom. The summed E-state index contributed by atoms with van der Waals surface area (Å²) in [4.78, 5) is 18.2. The standard InChI is InChI=1S/C41H43ClN6O4S2/c1-4-9-26(10-5-2)11-7-12-27-13-16-31-28(23-27)14-19-34(37(31)42)52-40(49)29-15-18-33(50-21-8-22-51-36(43)6-3)30(24-29)25-44-46-41-45-39-35(53-41)20-17-32-38(39)48-54-47-32/h6,13-20,23-26,43H,3-5,7-12,21-22H2,1-2H3,(H,45,46)/b43-36?,44-25+. The van der Waals surface area contributed by atoms with Gasteiger partial charge >= 0.3 is 5.97 Å². The fraction of sp³-hybridized carbons (Fsp3) is 0.317. The number of nitrogens with one attached hydrogen (secondary N) is 2. The van der Waals surface area contributed by atoms with Crippen molar-refractivity contribution >= 4 is 89.9 Å². The van der Waals surface area contributed by atoms with E-state index in [1.165, 1.54) is 55.1 Å². The third-order valence-electron chi connectivity index (χ3n) is 9.04. The van der Waals surface area contributed by atoms with Gasteiger partial charge in [-0.05, 0) is 72.2 Å². The molecule has 6 rings (SSSR count). The zero-order chi connectivity index (χ0) is 37.9. The number of aromatic nitrogens is 3. The maximum absolute atomic E-state index is 13.5. The van der Waals surface area contributed by atoms with Crippen molar-refractivity contribution in [3.05, 3.63) is 95.0 Å². The number of carbonyl (C=O) groups excluding carboxylic acids is 1. The number of nitrogens with zero attached hydrogens (tertiary/aromatic N) is 4. The van der Waals surface area contributed by atoms with Crippen molar-refractivity contribution < 1.29 is 19.0 Å². The van der Waals surface area contributed by atoms with Gasteiger partial charge in [0, 0.05) is 17.4 Å². The van der Waals surface area contributed by atoms with Crippen LogP contribution in [0.4, 0.5) is 5.13 Å². The summed E-state index contributed by atoms with van der Waals surface area (Å²) in [5, 5.41) is 14.8. The molecule has 2 N–H and O–H groups in total. The third kappa shape index (κ3) is 9.79. The topological polar surface area (TPSA) is 132 Å². The molecule has 10 nitrogen and oxygen atoms in total.